The van der Waals surface area contributed by atoms with Gasteiger partial charge in [0.25, 0.3) is 0 Å². The van der Waals surface area contributed by atoms with Gasteiger partial charge < -0.3 is 24.8 Å². The van der Waals surface area contributed by atoms with Gasteiger partial charge in [0.2, 0.25) is 0 Å². The number of hydrogen-bond donors (Lipinski definition) is 2. The maximum atomic E-state index is 12.4. The van der Waals surface area contributed by atoms with Crippen LogP contribution in [-0.4, -0.2) is 59.6 Å². The summed E-state index contributed by atoms with van der Waals surface area (Å²) in [4.78, 5) is 26.2. The quantitative estimate of drug-likeness (QED) is 0.723. The van der Waals surface area contributed by atoms with Crippen LogP contribution in [0.2, 0.25) is 0 Å². The molecule has 176 valence electrons. The van der Waals surface area contributed by atoms with Crippen molar-refractivity contribution in [3.8, 4) is 11.1 Å². The second-order valence-electron chi connectivity index (χ2n) is 9.87. The molecule has 1 saturated heterocycles. The van der Waals surface area contributed by atoms with Gasteiger partial charge in [-0.15, -0.1) is 0 Å². The summed E-state index contributed by atoms with van der Waals surface area (Å²) in [5.74, 6) is -0.0108. The van der Waals surface area contributed by atoms with Crippen LogP contribution in [0.1, 0.15) is 50.7 Å². The minimum absolute atomic E-state index is 0.0108. The van der Waals surface area contributed by atoms with Gasteiger partial charge in [-0.25, -0.2) is 9.59 Å². The summed E-state index contributed by atoms with van der Waals surface area (Å²) in [6.45, 7) is 6.52. The van der Waals surface area contributed by atoms with Crippen LogP contribution >= 0.6 is 0 Å². The van der Waals surface area contributed by atoms with Crippen LogP contribution in [0.15, 0.2) is 48.5 Å². The Bertz CT molecular complexity index is 976. The fourth-order valence-electron chi connectivity index (χ4n) is 4.49. The number of piperidine rings is 1. The molecule has 2 N–H and O–H groups in total. The molecule has 0 unspecified atom stereocenters. The first-order valence-corrected chi connectivity index (χ1v) is 11.4. The third-order valence-electron chi connectivity index (χ3n) is 6.25. The first-order valence-electron chi connectivity index (χ1n) is 11.4. The Balaban J connectivity index is 1.27. The van der Waals surface area contributed by atoms with Crippen molar-refractivity contribution < 1.29 is 24.2 Å². The van der Waals surface area contributed by atoms with E-state index in [2.05, 4.69) is 29.6 Å². The van der Waals surface area contributed by atoms with Gasteiger partial charge in [0.05, 0.1) is 5.60 Å². The number of carbonyl (C=O) groups excluding carboxylic acids is 2. The monoisotopic (exact) mass is 452 g/mol. The molecule has 2 aliphatic rings. The van der Waals surface area contributed by atoms with Gasteiger partial charge in [0.15, 0.2) is 0 Å². The van der Waals surface area contributed by atoms with Crippen LogP contribution in [0.5, 0.6) is 0 Å². The van der Waals surface area contributed by atoms with Gasteiger partial charge in [-0.05, 0) is 55.9 Å². The average Bonchev–Trinajstić information content (AvgIpc) is 3.09. The van der Waals surface area contributed by atoms with E-state index >= 15 is 0 Å². The predicted molar refractivity (Wildman–Crippen MR) is 125 cm³/mol. The number of likely N-dealkylation sites (tertiary alicyclic amines) is 1. The molecule has 2 aromatic rings. The number of alkyl carbamates (subject to hydrolysis) is 1. The molecule has 4 rings (SSSR count). The highest BCUT2D eigenvalue weighted by Crippen LogP contribution is 2.44. The zero-order chi connectivity index (χ0) is 23.6. The molecular formula is C26H32N2O5. The lowest BCUT2D eigenvalue weighted by Crippen LogP contribution is -2.52. The number of ether oxygens (including phenoxy) is 2. The summed E-state index contributed by atoms with van der Waals surface area (Å²) < 4.78 is 10.9. The van der Waals surface area contributed by atoms with E-state index in [4.69, 9.17) is 9.47 Å². The molecule has 7 heteroatoms. The first-order chi connectivity index (χ1) is 15.7. The molecule has 1 heterocycles. The number of amides is 2. The fourth-order valence-corrected chi connectivity index (χ4v) is 4.49. The van der Waals surface area contributed by atoms with E-state index in [1.165, 1.54) is 11.1 Å². The predicted octanol–water partition coefficient (Wildman–Crippen LogP) is 4.29. The second-order valence-corrected chi connectivity index (χ2v) is 9.87. The van der Waals surface area contributed by atoms with Gasteiger partial charge in [0, 0.05) is 25.6 Å². The molecule has 0 atom stereocenters. The standard InChI is InChI=1S/C26H32N2O5/c1-25(2,3)33-24(30)28-14-12-26(31,13-15-28)17-27-23(29)32-16-22-20-10-6-4-8-18(20)19-9-5-7-11-21(19)22/h4-11,22,31H,12-17H2,1-3H3,(H,27,29). The Kier molecular flexibility index (Phi) is 6.34. The minimum atomic E-state index is -1.08. The Morgan fingerprint density at radius 1 is 1.03 bits per heavy atom. The maximum Gasteiger partial charge on any atom is 0.410 e. The largest absolute Gasteiger partial charge is 0.449 e. The Morgan fingerprint density at radius 2 is 1.58 bits per heavy atom. The topological polar surface area (TPSA) is 88.1 Å². The van der Waals surface area contributed by atoms with E-state index in [1.807, 2.05) is 45.0 Å². The first kappa shape index (κ1) is 23.1. The van der Waals surface area contributed by atoms with E-state index in [1.54, 1.807) is 4.90 Å². The number of benzene rings is 2. The highest BCUT2D eigenvalue weighted by molar-refractivity contribution is 5.79. The van der Waals surface area contributed by atoms with Crippen molar-refractivity contribution in [3.63, 3.8) is 0 Å². The van der Waals surface area contributed by atoms with Crippen LogP contribution in [0.3, 0.4) is 0 Å². The molecular weight excluding hydrogens is 420 g/mol. The Labute approximate surface area is 194 Å². The Morgan fingerprint density at radius 3 is 2.12 bits per heavy atom. The van der Waals surface area contributed by atoms with Crippen molar-refractivity contribution >= 4 is 12.2 Å². The van der Waals surface area contributed by atoms with Gasteiger partial charge in [-0.1, -0.05) is 48.5 Å². The van der Waals surface area contributed by atoms with Crippen molar-refractivity contribution in [2.45, 2.75) is 50.7 Å². The molecule has 0 spiro atoms. The molecule has 1 aliphatic carbocycles. The molecule has 0 saturated carbocycles. The summed E-state index contributed by atoms with van der Waals surface area (Å²) in [5, 5.41) is 13.5. The number of nitrogens with zero attached hydrogens (tertiary/aromatic N) is 1. The molecule has 7 nitrogen and oxygen atoms in total. The lowest BCUT2D eigenvalue weighted by atomic mass is 9.91. The summed E-state index contributed by atoms with van der Waals surface area (Å²) in [6, 6.07) is 16.3. The molecule has 2 aromatic carbocycles. The zero-order valence-electron chi connectivity index (χ0n) is 19.5. The van der Waals surface area contributed by atoms with Gasteiger partial charge >= 0.3 is 12.2 Å². The lowest BCUT2D eigenvalue weighted by molar-refractivity contribution is -0.0309. The van der Waals surface area contributed by atoms with Crippen LogP contribution < -0.4 is 5.32 Å². The highest BCUT2D eigenvalue weighted by atomic mass is 16.6. The van der Waals surface area contributed by atoms with Crippen LogP contribution in [0.4, 0.5) is 9.59 Å². The van der Waals surface area contributed by atoms with Crippen molar-refractivity contribution in [3.05, 3.63) is 59.7 Å². The number of carbonyl (C=O) groups is 2. The van der Waals surface area contributed by atoms with E-state index in [0.29, 0.717) is 25.9 Å². The van der Waals surface area contributed by atoms with Gasteiger partial charge in [0.1, 0.15) is 12.2 Å². The van der Waals surface area contributed by atoms with Crippen LogP contribution in [0, 0.1) is 0 Å². The van der Waals surface area contributed by atoms with Crippen molar-refractivity contribution in [1.29, 1.82) is 0 Å². The minimum Gasteiger partial charge on any atom is -0.449 e. The zero-order valence-corrected chi connectivity index (χ0v) is 19.5. The second kappa shape index (κ2) is 9.06. The third-order valence-corrected chi connectivity index (χ3v) is 6.25. The summed E-state index contributed by atoms with van der Waals surface area (Å²) in [5.41, 5.74) is 3.02. The number of hydrogen-bond acceptors (Lipinski definition) is 5. The lowest BCUT2D eigenvalue weighted by Gasteiger charge is -2.38. The summed E-state index contributed by atoms with van der Waals surface area (Å²) in [6.07, 6.45) is -0.222. The number of nitrogens with one attached hydrogen (secondary N) is 1. The molecule has 0 bridgehead atoms. The molecule has 2 amide bonds. The maximum absolute atomic E-state index is 12.4. The summed E-state index contributed by atoms with van der Waals surface area (Å²) in [7, 11) is 0. The molecule has 0 aromatic heterocycles. The third kappa shape index (κ3) is 5.30. The normalized spacial score (nSPS) is 17.2. The number of fused-ring (bicyclic) bond motifs is 3. The highest BCUT2D eigenvalue weighted by Gasteiger charge is 2.36. The van der Waals surface area contributed by atoms with Crippen molar-refractivity contribution in [2.24, 2.45) is 0 Å². The fraction of sp³-hybridized carbons (Fsp3) is 0.462. The smallest absolute Gasteiger partial charge is 0.410 e. The van der Waals surface area contributed by atoms with E-state index in [-0.39, 0.29) is 25.2 Å². The van der Waals surface area contributed by atoms with Crippen LogP contribution in [-0.2, 0) is 9.47 Å². The van der Waals surface area contributed by atoms with Gasteiger partial charge in [-0.2, -0.15) is 0 Å². The van der Waals surface area contributed by atoms with E-state index < -0.39 is 17.3 Å². The number of rotatable bonds is 4. The van der Waals surface area contributed by atoms with Crippen molar-refractivity contribution in [1.82, 2.24) is 10.2 Å². The Hall–Kier alpha value is -3.06. The summed E-state index contributed by atoms with van der Waals surface area (Å²) >= 11 is 0. The molecule has 1 fully saturated rings. The van der Waals surface area contributed by atoms with Crippen LogP contribution in [0.25, 0.3) is 11.1 Å². The molecule has 33 heavy (non-hydrogen) atoms. The van der Waals surface area contributed by atoms with Gasteiger partial charge in [-0.3, -0.25) is 0 Å². The van der Waals surface area contributed by atoms with E-state index in [0.717, 1.165) is 11.1 Å². The number of aliphatic hydroxyl groups is 1. The molecule has 0 radical (unpaired) electrons. The van der Waals surface area contributed by atoms with E-state index in [9.17, 15) is 14.7 Å². The SMILES string of the molecule is CC(C)(C)OC(=O)N1CCC(O)(CNC(=O)OCC2c3ccccc3-c3ccccc32)CC1. The van der Waals surface area contributed by atoms with Crippen molar-refractivity contribution in [2.75, 3.05) is 26.2 Å². The molecule has 1 aliphatic heterocycles. The average molecular weight is 453 g/mol.